The first-order chi connectivity index (χ1) is 12.9. The molecular formula is C19H21N3O4S. The van der Waals surface area contributed by atoms with Crippen molar-refractivity contribution < 1.29 is 17.7 Å². The highest BCUT2D eigenvalue weighted by molar-refractivity contribution is 7.89. The van der Waals surface area contributed by atoms with Gasteiger partial charge in [0.15, 0.2) is 0 Å². The Hall–Kier alpha value is -2.71. The first-order valence-corrected chi connectivity index (χ1v) is 9.94. The van der Waals surface area contributed by atoms with Crippen molar-refractivity contribution in [3.8, 4) is 17.1 Å². The highest BCUT2D eigenvalue weighted by Gasteiger charge is 2.16. The highest BCUT2D eigenvalue weighted by atomic mass is 32.2. The van der Waals surface area contributed by atoms with Crippen molar-refractivity contribution in [2.24, 2.45) is 0 Å². The predicted octanol–water partition coefficient (Wildman–Crippen LogP) is 3.35. The van der Waals surface area contributed by atoms with Crippen LogP contribution in [-0.2, 0) is 16.6 Å². The van der Waals surface area contributed by atoms with Crippen LogP contribution in [0.25, 0.3) is 11.4 Å². The standard InChI is InChI=1S/C19H21N3O4S/c1-13(2)14-6-10-17(11-7-14)27(23,24)20-12-18-21-19(22-26-18)15-4-8-16(25-3)9-5-15/h4-11,13,20H,12H2,1-3H3. The maximum atomic E-state index is 12.4. The van der Waals surface area contributed by atoms with Gasteiger partial charge in [-0.1, -0.05) is 31.1 Å². The minimum absolute atomic E-state index is 0.0859. The van der Waals surface area contributed by atoms with Gasteiger partial charge in [0.1, 0.15) is 5.75 Å². The van der Waals surface area contributed by atoms with Crippen LogP contribution >= 0.6 is 0 Å². The van der Waals surface area contributed by atoms with Crippen molar-refractivity contribution in [2.45, 2.75) is 31.2 Å². The van der Waals surface area contributed by atoms with Crippen molar-refractivity contribution in [2.75, 3.05) is 7.11 Å². The van der Waals surface area contributed by atoms with Crippen LogP contribution in [0.3, 0.4) is 0 Å². The summed E-state index contributed by atoms with van der Waals surface area (Å²) in [5.41, 5.74) is 1.83. The van der Waals surface area contributed by atoms with Crippen LogP contribution < -0.4 is 9.46 Å². The summed E-state index contributed by atoms with van der Waals surface area (Å²) in [7, 11) is -2.07. The molecule has 1 N–H and O–H groups in total. The Kier molecular flexibility index (Phi) is 5.57. The van der Waals surface area contributed by atoms with Gasteiger partial charge in [0, 0.05) is 5.56 Å². The molecule has 0 fully saturated rings. The zero-order valence-corrected chi connectivity index (χ0v) is 16.2. The molecule has 0 aliphatic heterocycles. The third-order valence-corrected chi connectivity index (χ3v) is 5.50. The summed E-state index contributed by atoms with van der Waals surface area (Å²) in [6.45, 7) is 4.02. The average Bonchev–Trinajstić information content (AvgIpc) is 3.16. The van der Waals surface area contributed by atoms with Crippen LogP contribution in [0.15, 0.2) is 57.9 Å². The van der Waals surface area contributed by atoms with E-state index < -0.39 is 10.0 Å². The van der Waals surface area contributed by atoms with Crippen molar-refractivity contribution in [3.05, 3.63) is 60.0 Å². The fourth-order valence-corrected chi connectivity index (χ4v) is 3.43. The molecule has 0 amide bonds. The lowest BCUT2D eigenvalue weighted by Gasteiger charge is -2.08. The molecule has 3 rings (SSSR count). The van der Waals surface area contributed by atoms with E-state index >= 15 is 0 Å². The monoisotopic (exact) mass is 387 g/mol. The molecule has 0 saturated carbocycles. The fraction of sp³-hybridized carbons (Fsp3) is 0.263. The van der Waals surface area contributed by atoms with Gasteiger partial charge >= 0.3 is 0 Å². The average molecular weight is 387 g/mol. The van der Waals surface area contributed by atoms with Crippen molar-refractivity contribution in [3.63, 3.8) is 0 Å². The maximum absolute atomic E-state index is 12.4. The quantitative estimate of drug-likeness (QED) is 0.668. The molecule has 0 unspecified atom stereocenters. The molecule has 1 aromatic heterocycles. The van der Waals surface area contributed by atoms with E-state index in [1.807, 2.05) is 12.1 Å². The molecule has 8 heteroatoms. The number of rotatable bonds is 7. The van der Waals surface area contributed by atoms with Gasteiger partial charge in [-0.3, -0.25) is 0 Å². The van der Waals surface area contributed by atoms with Gasteiger partial charge in [-0.2, -0.15) is 4.98 Å². The smallest absolute Gasteiger partial charge is 0.242 e. The van der Waals surface area contributed by atoms with E-state index in [9.17, 15) is 8.42 Å². The second-order valence-corrected chi connectivity index (χ2v) is 8.06. The van der Waals surface area contributed by atoms with E-state index in [4.69, 9.17) is 9.26 Å². The Morgan fingerprint density at radius 2 is 1.74 bits per heavy atom. The first-order valence-electron chi connectivity index (χ1n) is 8.45. The summed E-state index contributed by atoms with van der Waals surface area (Å²) in [4.78, 5) is 4.42. The molecule has 0 atom stereocenters. The van der Waals surface area contributed by atoms with Gasteiger partial charge in [0.05, 0.1) is 18.6 Å². The largest absolute Gasteiger partial charge is 0.497 e. The topological polar surface area (TPSA) is 94.3 Å². The van der Waals surface area contributed by atoms with Crippen LogP contribution in [0.4, 0.5) is 0 Å². The predicted molar refractivity (Wildman–Crippen MR) is 101 cm³/mol. The Morgan fingerprint density at radius 3 is 2.33 bits per heavy atom. The van der Waals surface area contributed by atoms with Gasteiger partial charge in [-0.05, 0) is 47.9 Å². The minimum atomic E-state index is -3.66. The molecule has 7 nitrogen and oxygen atoms in total. The van der Waals surface area contributed by atoms with E-state index in [2.05, 4.69) is 28.7 Å². The third-order valence-electron chi connectivity index (χ3n) is 4.09. The molecule has 142 valence electrons. The van der Waals surface area contributed by atoms with E-state index in [1.165, 1.54) is 0 Å². The lowest BCUT2D eigenvalue weighted by molar-refractivity contribution is 0.376. The first kappa shape index (κ1) is 19.1. The lowest BCUT2D eigenvalue weighted by Crippen LogP contribution is -2.23. The number of nitrogens with one attached hydrogen (secondary N) is 1. The van der Waals surface area contributed by atoms with E-state index in [0.717, 1.165) is 16.9 Å². The second-order valence-electron chi connectivity index (χ2n) is 6.29. The number of hydrogen-bond donors (Lipinski definition) is 1. The normalized spacial score (nSPS) is 11.7. The molecule has 0 saturated heterocycles. The molecule has 0 spiro atoms. The lowest BCUT2D eigenvalue weighted by atomic mass is 10.0. The number of sulfonamides is 1. The number of hydrogen-bond acceptors (Lipinski definition) is 6. The molecule has 0 bridgehead atoms. The Labute approximate surface area is 158 Å². The van der Waals surface area contributed by atoms with Crippen LogP contribution in [0, 0.1) is 0 Å². The Morgan fingerprint density at radius 1 is 1.07 bits per heavy atom. The molecule has 3 aromatic rings. The number of ether oxygens (including phenoxy) is 1. The molecular weight excluding hydrogens is 366 g/mol. The fourth-order valence-electron chi connectivity index (χ4n) is 2.46. The third kappa shape index (κ3) is 4.53. The van der Waals surface area contributed by atoms with Crippen LogP contribution in [-0.4, -0.2) is 25.7 Å². The molecule has 0 aliphatic carbocycles. The summed E-state index contributed by atoms with van der Waals surface area (Å²) in [5, 5.41) is 3.88. The number of aromatic nitrogens is 2. The Balaban J connectivity index is 1.68. The SMILES string of the molecule is COc1ccc(-c2noc(CNS(=O)(=O)c3ccc(C(C)C)cc3)n2)cc1. The van der Waals surface area contributed by atoms with Crippen molar-refractivity contribution in [1.29, 1.82) is 0 Å². The highest BCUT2D eigenvalue weighted by Crippen LogP contribution is 2.20. The molecule has 0 radical (unpaired) electrons. The molecule has 0 aliphatic rings. The maximum Gasteiger partial charge on any atom is 0.242 e. The second kappa shape index (κ2) is 7.89. The summed E-state index contributed by atoms with van der Waals surface area (Å²) >= 11 is 0. The number of nitrogens with zero attached hydrogens (tertiary/aromatic N) is 2. The Bertz CT molecular complexity index is 994. The van der Waals surface area contributed by atoms with Crippen molar-refractivity contribution >= 4 is 10.0 Å². The summed E-state index contributed by atoms with van der Waals surface area (Å²) in [5.74, 6) is 1.62. The number of benzene rings is 2. The van der Waals surface area contributed by atoms with E-state index in [1.54, 1.807) is 43.5 Å². The molecule has 1 heterocycles. The minimum Gasteiger partial charge on any atom is -0.497 e. The number of methoxy groups -OCH3 is 1. The van der Waals surface area contributed by atoms with Gasteiger partial charge in [0.2, 0.25) is 21.7 Å². The van der Waals surface area contributed by atoms with E-state index in [-0.39, 0.29) is 17.3 Å². The molecule has 27 heavy (non-hydrogen) atoms. The van der Waals surface area contributed by atoms with Crippen molar-refractivity contribution in [1.82, 2.24) is 14.9 Å². The van der Waals surface area contributed by atoms with Gasteiger partial charge < -0.3 is 9.26 Å². The summed E-state index contributed by atoms with van der Waals surface area (Å²) in [6, 6.07) is 14.0. The van der Waals surface area contributed by atoms with Crippen LogP contribution in [0.1, 0.15) is 31.2 Å². The summed E-state index contributed by atoms with van der Waals surface area (Å²) in [6.07, 6.45) is 0. The van der Waals surface area contributed by atoms with Gasteiger partial charge in [-0.25, -0.2) is 13.1 Å². The van der Waals surface area contributed by atoms with Gasteiger partial charge in [0.25, 0.3) is 0 Å². The van der Waals surface area contributed by atoms with E-state index in [0.29, 0.717) is 11.7 Å². The van der Waals surface area contributed by atoms with Crippen LogP contribution in [0.2, 0.25) is 0 Å². The van der Waals surface area contributed by atoms with Crippen LogP contribution in [0.5, 0.6) is 5.75 Å². The molecule has 2 aromatic carbocycles. The zero-order valence-electron chi connectivity index (χ0n) is 15.3. The zero-order chi connectivity index (χ0) is 19.4. The van der Waals surface area contributed by atoms with Gasteiger partial charge in [-0.15, -0.1) is 0 Å². The summed E-state index contributed by atoms with van der Waals surface area (Å²) < 4.78 is 37.6.